The fraction of sp³-hybridized carbons (Fsp3) is 0.174. The summed E-state index contributed by atoms with van der Waals surface area (Å²) in [7, 11) is 0. The number of aromatic nitrogens is 4. The molecule has 0 aliphatic rings. The summed E-state index contributed by atoms with van der Waals surface area (Å²) in [5, 5.41) is 11.4. The maximum absolute atomic E-state index is 12.7. The number of nitrogens with zero attached hydrogens (tertiary/aromatic N) is 4. The van der Waals surface area contributed by atoms with Gasteiger partial charge >= 0.3 is 6.18 Å². The van der Waals surface area contributed by atoms with E-state index in [4.69, 9.17) is 11.6 Å². The summed E-state index contributed by atoms with van der Waals surface area (Å²) in [4.78, 5) is 12.7. The Morgan fingerprint density at radius 3 is 2.36 bits per heavy atom. The average molecular weight is 474 g/mol. The van der Waals surface area contributed by atoms with Crippen LogP contribution in [-0.4, -0.2) is 25.5 Å². The second kappa shape index (κ2) is 9.11. The zero-order chi connectivity index (χ0) is 23.6. The van der Waals surface area contributed by atoms with E-state index in [0.717, 1.165) is 17.4 Å². The molecule has 0 radical (unpaired) electrons. The van der Waals surface area contributed by atoms with E-state index in [0.29, 0.717) is 28.3 Å². The third-order valence-electron chi connectivity index (χ3n) is 5.01. The van der Waals surface area contributed by atoms with Gasteiger partial charge < -0.3 is 5.32 Å². The Labute approximate surface area is 192 Å². The van der Waals surface area contributed by atoms with E-state index in [1.54, 1.807) is 47.3 Å². The molecule has 10 heteroatoms. The van der Waals surface area contributed by atoms with Crippen molar-refractivity contribution in [3.05, 3.63) is 94.5 Å². The van der Waals surface area contributed by atoms with Crippen molar-refractivity contribution in [1.29, 1.82) is 0 Å². The summed E-state index contributed by atoms with van der Waals surface area (Å²) in [5.74, 6) is -0.314. The Balaban J connectivity index is 1.46. The van der Waals surface area contributed by atoms with Gasteiger partial charge in [-0.2, -0.15) is 23.4 Å². The first-order valence-corrected chi connectivity index (χ1v) is 10.5. The van der Waals surface area contributed by atoms with Crippen LogP contribution in [-0.2, 0) is 19.1 Å². The van der Waals surface area contributed by atoms with Crippen molar-refractivity contribution in [3.8, 4) is 5.69 Å². The van der Waals surface area contributed by atoms with Crippen molar-refractivity contribution < 1.29 is 18.0 Å². The molecule has 0 fully saturated rings. The van der Waals surface area contributed by atoms with Gasteiger partial charge in [0.15, 0.2) is 5.69 Å². The second-order valence-corrected chi connectivity index (χ2v) is 7.73. The van der Waals surface area contributed by atoms with E-state index >= 15 is 0 Å². The molecular weight excluding hydrogens is 455 g/mol. The van der Waals surface area contributed by atoms with E-state index < -0.39 is 11.9 Å². The number of hydrogen-bond donors (Lipinski definition) is 1. The first-order chi connectivity index (χ1) is 15.7. The highest BCUT2D eigenvalue weighted by atomic mass is 35.5. The second-order valence-electron chi connectivity index (χ2n) is 7.29. The van der Waals surface area contributed by atoms with Crippen LogP contribution in [0, 0.1) is 0 Å². The minimum atomic E-state index is -4.48. The SMILES string of the molecule is CCc1c(NC(=O)c2ccc(Cn3ccc(C(F)(F)F)n3)cc2)cnn1-c1ccc(Cl)cc1. The average Bonchev–Trinajstić information content (AvgIpc) is 3.42. The van der Waals surface area contributed by atoms with Crippen LogP contribution in [0.3, 0.4) is 0 Å². The van der Waals surface area contributed by atoms with Crippen molar-refractivity contribution in [1.82, 2.24) is 19.6 Å². The first kappa shape index (κ1) is 22.6. The molecule has 4 rings (SSSR count). The van der Waals surface area contributed by atoms with Crippen LogP contribution in [0.2, 0.25) is 5.02 Å². The van der Waals surface area contributed by atoms with Gasteiger partial charge in [-0.15, -0.1) is 0 Å². The molecule has 6 nitrogen and oxygen atoms in total. The van der Waals surface area contributed by atoms with Gasteiger partial charge in [-0.3, -0.25) is 9.48 Å². The summed E-state index contributed by atoms with van der Waals surface area (Å²) >= 11 is 5.95. The topological polar surface area (TPSA) is 64.7 Å². The third-order valence-corrected chi connectivity index (χ3v) is 5.27. The molecule has 33 heavy (non-hydrogen) atoms. The Kier molecular flexibility index (Phi) is 6.24. The predicted octanol–water partition coefficient (Wildman–Crippen LogP) is 5.60. The number of carbonyl (C=O) groups is 1. The van der Waals surface area contributed by atoms with Gasteiger partial charge in [0.2, 0.25) is 0 Å². The minimum absolute atomic E-state index is 0.159. The number of amides is 1. The summed E-state index contributed by atoms with van der Waals surface area (Å²) in [6.45, 7) is 2.12. The lowest BCUT2D eigenvalue weighted by Gasteiger charge is -2.10. The van der Waals surface area contributed by atoms with Crippen molar-refractivity contribution in [3.63, 3.8) is 0 Å². The summed E-state index contributed by atoms with van der Waals surface area (Å²) in [5.41, 5.74) is 2.45. The molecule has 4 aromatic rings. The third kappa shape index (κ3) is 5.09. The molecule has 1 amide bonds. The van der Waals surface area contributed by atoms with E-state index in [1.165, 1.54) is 10.9 Å². The standard InChI is InChI=1S/C23H19ClF3N5O/c1-2-20-19(13-28-32(20)18-9-7-17(24)8-10-18)29-22(33)16-5-3-15(4-6-16)14-31-12-11-21(30-31)23(25,26)27/h3-13H,2,14H2,1H3,(H,29,33). The Hall–Kier alpha value is -3.59. The number of alkyl halides is 3. The van der Waals surface area contributed by atoms with Crippen LogP contribution in [0.1, 0.15) is 34.2 Å². The number of nitrogens with one attached hydrogen (secondary N) is 1. The number of carbonyl (C=O) groups excluding carboxylic acids is 1. The molecule has 0 spiro atoms. The van der Waals surface area contributed by atoms with E-state index in [-0.39, 0.29) is 12.5 Å². The Bertz CT molecular complexity index is 1260. The number of rotatable bonds is 6. The molecule has 2 heterocycles. The molecule has 0 unspecified atom stereocenters. The van der Waals surface area contributed by atoms with Gasteiger partial charge in [0.05, 0.1) is 29.8 Å². The number of anilines is 1. The van der Waals surface area contributed by atoms with Gasteiger partial charge in [0.25, 0.3) is 5.91 Å². The maximum Gasteiger partial charge on any atom is 0.435 e. The maximum atomic E-state index is 12.7. The molecule has 170 valence electrons. The molecule has 0 aliphatic heterocycles. The van der Waals surface area contributed by atoms with Crippen molar-refractivity contribution in [2.45, 2.75) is 26.1 Å². The molecule has 0 aliphatic carbocycles. The van der Waals surface area contributed by atoms with E-state index in [9.17, 15) is 18.0 Å². The Morgan fingerprint density at radius 2 is 1.76 bits per heavy atom. The first-order valence-electron chi connectivity index (χ1n) is 10.1. The molecule has 0 bridgehead atoms. The quantitative estimate of drug-likeness (QED) is 0.396. The highest BCUT2D eigenvalue weighted by Gasteiger charge is 2.33. The zero-order valence-corrected chi connectivity index (χ0v) is 18.2. The Morgan fingerprint density at radius 1 is 1.06 bits per heavy atom. The van der Waals surface area contributed by atoms with E-state index in [1.807, 2.05) is 19.1 Å². The number of hydrogen-bond acceptors (Lipinski definition) is 3. The molecule has 2 aromatic carbocycles. The van der Waals surface area contributed by atoms with E-state index in [2.05, 4.69) is 15.5 Å². The van der Waals surface area contributed by atoms with Crippen LogP contribution in [0.15, 0.2) is 67.0 Å². The summed E-state index contributed by atoms with van der Waals surface area (Å²) in [6.07, 6.45) is -0.976. The van der Waals surface area contributed by atoms with Crippen LogP contribution in [0.4, 0.5) is 18.9 Å². The highest BCUT2D eigenvalue weighted by molar-refractivity contribution is 6.30. The summed E-state index contributed by atoms with van der Waals surface area (Å²) in [6, 6.07) is 14.8. The van der Waals surface area contributed by atoms with Crippen LogP contribution in [0.5, 0.6) is 0 Å². The lowest BCUT2D eigenvalue weighted by Crippen LogP contribution is -2.13. The van der Waals surface area contributed by atoms with Crippen LogP contribution < -0.4 is 5.32 Å². The number of benzene rings is 2. The predicted molar refractivity (Wildman–Crippen MR) is 119 cm³/mol. The van der Waals surface area contributed by atoms with Crippen molar-refractivity contribution in [2.75, 3.05) is 5.32 Å². The van der Waals surface area contributed by atoms with Crippen molar-refractivity contribution in [2.24, 2.45) is 0 Å². The fourth-order valence-electron chi connectivity index (χ4n) is 3.37. The lowest BCUT2D eigenvalue weighted by atomic mass is 10.1. The van der Waals surface area contributed by atoms with Gasteiger partial charge in [-0.05, 0) is 54.4 Å². The van der Waals surface area contributed by atoms with Crippen LogP contribution in [0.25, 0.3) is 5.69 Å². The molecule has 0 saturated heterocycles. The molecule has 0 atom stereocenters. The molecular formula is C23H19ClF3N5O. The van der Waals surface area contributed by atoms with Gasteiger partial charge in [-0.25, -0.2) is 4.68 Å². The summed E-state index contributed by atoms with van der Waals surface area (Å²) < 4.78 is 41.0. The fourth-order valence-corrected chi connectivity index (χ4v) is 3.49. The monoisotopic (exact) mass is 473 g/mol. The van der Waals surface area contributed by atoms with Gasteiger partial charge in [0.1, 0.15) is 0 Å². The largest absolute Gasteiger partial charge is 0.435 e. The number of halogens is 4. The smallest absolute Gasteiger partial charge is 0.319 e. The normalized spacial score (nSPS) is 11.5. The van der Waals surface area contributed by atoms with Gasteiger partial charge in [-0.1, -0.05) is 30.7 Å². The highest BCUT2D eigenvalue weighted by Crippen LogP contribution is 2.27. The lowest BCUT2D eigenvalue weighted by molar-refractivity contribution is -0.141. The zero-order valence-electron chi connectivity index (χ0n) is 17.5. The minimum Gasteiger partial charge on any atom is -0.319 e. The molecule has 1 N–H and O–H groups in total. The molecule has 2 aromatic heterocycles. The van der Waals surface area contributed by atoms with Crippen LogP contribution >= 0.6 is 11.6 Å². The van der Waals surface area contributed by atoms with Crippen molar-refractivity contribution >= 4 is 23.2 Å². The molecule has 0 saturated carbocycles. The van der Waals surface area contributed by atoms with Gasteiger partial charge in [0, 0.05) is 16.8 Å².